The fourth-order valence-electron chi connectivity index (χ4n) is 2.89. The van der Waals surface area contributed by atoms with E-state index in [2.05, 4.69) is 77.7 Å². The second-order valence-corrected chi connectivity index (χ2v) is 5.59. The van der Waals surface area contributed by atoms with Crippen molar-refractivity contribution in [2.24, 2.45) is 0 Å². The molecule has 0 N–H and O–H groups in total. The SMILES string of the molecule is Cc1cc2ccc(N(c3ccccc3)c3ccccc3)cc2o1. The van der Waals surface area contributed by atoms with Crippen LogP contribution in [0, 0.1) is 6.92 Å². The quantitative estimate of drug-likeness (QED) is 0.447. The van der Waals surface area contributed by atoms with Crippen molar-refractivity contribution in [2.45, 2.75) is 6.92 Å². The lowest BCUT2D eigenvalue weighted by molar-refractivity contribution is 0.578. The molecule has 0 aliphatic carbocycles. The molecule has 0 amide bonds. The first-order valence-electron chi connectivity index (χ1n) is 7.72. The highest BCUT2D eigenvalue weighted by Crippen LogP contribution is 2.36. The summed E-state index contributed by atoms with van der Waals surface area (Å²) in [4.78, 5) is 2.23. The van der Waals surface area contributed by atoms with E-state index in [4.69, 9.17) is 4.42 Å². The number of hydrogen-bond acceptors (Lipinski definition) is 2. The molecule has 0 radical (unpaired) electrons. The third kappa shape index (κ3) is 2.59. The molecule has 0 spiro atoms. The van der Waals surface area contributed by atoms with Crippen LogP contribution in [-0.2, 0) is 0 Å². The van der Waals surface area contributed by atoms with Gasteiger partial charge < -0.3 is 9.32 Å². The van der Waals surface area contributed by atoms with Crippen LogP contribution in [0.4, 0.5) is 17.1 Å². The van der Waals surface area contributed by atoms with Gasteiger partial charge in [0.15, 0.2) is 0 Å². The van der Waals surface area contributed by atoms with Crippen LogP contribution in [0.1, 0.15) is 5.76 Å². The Morgan fingerprint density at radius 1 is 0.652 bits per heavy atom. The maximum absolute atomic E-state index is 5.80. The Hall–Kier alpha value is -3.00. The zero-order valence-corrected chi connectivity index (χ0v) is 12.9. The Bertz CT molecular complexity index is 886. The number of hydrogen-bond donors (Lipinski definition) is 0. The molecular weight excluding hydrogens is 282 g/mol. The van der Waals surface area contributed by atoms with Gasteiger partial charge in [-0.2, -0.15) is 0 Å². The summed E-state index contributed by atoms with van der Waals surface area (Å²) in [5.41, 5.74) is 4.25. The summed E-state index contributed by atoms with van der Waals surface area (Å²) in [6.07, 6.45) is 0. The van der Waals surface area contributed by atoms with Gasteiger partial charge in [-0.15, -0.1) is 0 Å². The van der Waals surface area contributed by atoms with Crippen molar-refractivity contribution in [3.63, 3.8) is 0 Å². The number of anilines is 3. The lowest BCUT2D eigenvalue weighted by Crippen LogP contribution is -2.09. The zero-order valence-electron chi connectivity index (χ0n) is 12.9. The van der Waals surface area contributed by atoms with Crippen LogP contribution in [0.25, 0.3) is 11.0 Å². The van der Waals surface area contributed by atoms with E-state index in [-0.39, 0.29) is 0 Å². The highest BCUT2D eigenvalue weighted by molar-refractivity contribution is 5.86. The van der Waals surface area contributed by atoms with Crippen molar-refractivity contribution in [3.8, 4) is 0 Å². The van der Waals surface area contributed by atoms with Crippen molar-refractivity contribution in [2.75, 3.05) is 4.90 Å². The van der Waals surface area contributed by atoms with Gasteiger partial charge in [-0.3, -0.25) is 0 Å². The van der Waals surface area contributed by atoms with E-state index in [1.807, 2.05) is 19.1 Å². The van der Waals surface area contributed by atoms with Gasteiger partial charge in [-0.25, -0.2) is 0 Å². The predicted molar refractivity (Wildman–Crippen MR) is 95.6 cm³/mol. The second kappa shape index (κ2) is 5.65. The number of aryl methyl sites for hydroxylation is 1. The summed E-state index contributed by atoms with van der Waals surface area (Å²) in [5, 5.41) is 1.13. The van der Waals surface area contributed by atoms with E-state index in [1.165, 1.54) is 0 Å². The number of nitrogens with zero attached hydrogens (tertiary/aromatic N) is 1. The molecule has 2 nitrogen and oxygen atoms in total. The third-order valence-electron chi connectivity index (χ3n) is 3.91. The summed E-state index contributed by atoms with van der Waals surface area (Å²) in [6.45, 7) is 1.98. The summed E-state index contributed by atoms with van der Waals surface area (Å²) in [6, 6.07) is 29.2. The number of furan rings is 1. The molecule has 4 aromatic rings. The average Bonchev–Trinajstić information content (AvgIpc) is 2.96. The predicted octanol–water partition coefficient (Wildman–Crippen LogP) is 6.21. The third-order valence-corrected chi connectivity index (χ3v) is 3.91. The van der Waals surface area contributed by atoms with Gasteiger partial charge in [0, 0.05) is 28.5 Å². The van der Waals surface area contributed by atoms with Crippen molar-refractivity contribution in [1.82, 2.24) is 0 Å². The normalized spacial score (nSPS) is 10.8. The van der Waals surface area contributed by atoms with E-state index in [0.29, 0.717) is 0 Å². The molecule has 112 valence electrons. The van der Waals surface area contributed by atoms with Gasteiger partial charge in [-0.1, -0.05) is 36.4 Å². The molecular formula is C21H17NO. The van der Waals surface area contributed by atoms with Gasteiger partial charge in [0.25, 0.3) is 0 Å². The van der Waals surface area contributed by atoms with E-state index in [0.717, 1.165) is 33.8 Å². The second-order valence-electron chi connectivity index (χ2n) is 5.59. The minimum Gasteiger partial charge on any atom is -0.461 e. The molecule has 0 saturated heterocycles. The molecule has 0 atom stereocenters. The number of para-hydroxylation sites is 2. The van der Waals surface area contributed by atoms with E-state index >= 15 is 0 Å². The molecule has 1 aromatic heterocycles. The van der Waals surface area contributed by atoms with Crippen molar-refractivity contribution >= 4 is 28.0 Å². The summed E-state index contributed by atoms with van der Waals surface area (Å²) in [5.74, 6) is 0.933. The standard InChI is InChI=1S/C21H17NO/c1-16-14-17-12-13-20(15-21(17)23-16)22(18-8-4-2-5-9-18)19-10-6-3-7-11-19/h2-15H,1H3. The first kappa shape index (κ1) is 13.6. The first-order valence-corrected chi connectivity index (χ1v) is 7.72. The van der Waals surface area contributed by atoms with Crippen LogP contribution in [0.3, 0.4) is 0 Å². The Morgan fingerprint density at radius 3 is 1.87 bits per heavy atom. The molecule has 23 heavy (non-hydrogen) atoms. The maximum atomic E-state index is 5.80. The van der Waals surface area contributed by atoms with Crippen LogP contribution in [-0.4, -0.2) is 0 Å². The smallest absolute Gasteiger partial charge is 0.136 e. The van der Waals surface area contributed by atoms with Gasteiger partial charge in [0.05, 0.1) is 0 Å². The molecule has 0 fully saturated rings. The lowest BCUT2D eigenvalue weighted by Gasteiger charge is -2.25. The monoisotopic (exact) mass is 299 g/mol. The fraction of sp³-hybridized carbons (Fsp3) is 0.0476. The van der Waals surface area contributed by atoms with Crippen LogP contribution in [0.2, 0.25) is 0 Å². The van der Waals surface area contributed by atoms with Crippen molar-refractivity contribution in [1.29, 1.82) is 0 Å². The van der Waals surface area contributed by atoms with Crippen LogP contribution in [0.5, 0.6) is 0 Å². The molecule has 3 aromatic carbocycles. The topological polar surface area (TPSA) is 16.4 Å². The minimum absolute atomic E-state index is 0.914. The average molecular weight is 299 g/mol. The maximum Gasteiger partial charge on any atom is 0.136 e. The van der Waals surface area contributed by atoms with Gasteiger partial charge in [0.1, 0.15) is 11.3 Å². The summed E-state index contributed by atoms with van der Waals surface area (Å²) < 4.78 is 5.80. The van der Waals surface area contributed by atoms with E-state index < -0.39 is 0 Å². The van der Waals surface area contributed by atoms with E-state index in [1.54, 1.807) is 0 Å². The molecule has 0 aliphatic heterocycles. The van der Waals surface area contributed by atoms with Crippen molar-refractivity contribution < 1.29 is 4.42 Å². The largest absolute Gasteiger partial charge is 0.461 e. The van der Waals surface area contributed by atoms with Crippen LogP contribution in [0.15, 0.2) is 89.3 Å². The fourth-order valence-corrected chi connectivity index (χ4v) is 2.89. The van der Waals surface area contributed by atoms with Crippen molar-refractivity contribution in [3.05, 3.63) is 90.7 Å². The Labute approximate surface area is 135 Å². The zero-order chi connectivity index (χ0) is 15.6. The molecule has 1 heterocycles. The molecule has 0 unspecified atom stereocenters. The number of benzene rings is 3. The highest BCUT2D eigenvalue weighted by Gasteiger charge is 2.13. The Balaban J connectivity index is 1.89. The van der Waals surface area contributed by atoms with Gasteiger partial charge in [0.2, 0.25) is 0 Å². The Morgan fingerprint density at radius 2 is 1.26 bits per heavy atom. The lowest BCUT2D eigenvalue weighted by atomic mass is 10.1. The Kier molecular flexibility index (Phi) is 3.35. The first-order chi connectivity index (χ1) is 11.3. The molecule has 4 rings (SSSR count). The minimum atomic E-state index is 0.914. The molecule has 0 aliphatic rings. The summed E-state index contributed by atoms with van der Waals surface area (Å²) in [7, 11) is 0. The van der Waals surface area contributed by atoms with Gasteiger partial charge in [-0.05, 0) is 49.4 Å². The highest BCUT2D eigenvalue weighted by atomic mass is 16.3. The van der Waals surface area contributed by atoms with Gasteiger partial charge >= 0.3 is 0 Å². The van der Waals surface area contributed by atoms with Crippen LogP contribution < -0.4 is 4.90 Å². The molecule has 0 saturated carbocycles. The van der Waals surface area contributed by atoms with E-state index in [9.17, 15) is 0 Å². The summed E-state index contributed by atoms with van der Waals surface area (Å²) >= 11 is 0. The number of fused-ring (bicyclic) bond motifs is 1. The molecule has 0 bridgehead atoms. The van der Waals surface area contributed by atoms with Crippen LogP contribution >= 0.6 is 0 Å². The number of rotatable bonds is 3. The molecule has 2 heteroatoms.